The first kappa shape index (κ1) is 34.0. The molecule has 0 aliphatic rings. The van der Waals surface area contributed by atoms with Gasteiger partial charge in [0.2, 0.25) is 11.8 Å². The number of benzene rings is 4. The lowest BCUT2D eigenvalue weighted by Crippen LogP contribution is -2.54. The van der Waals surface area contributed by atoms with E-state index in [1.54, 1.807) is 60.7 Å². The molecule has 2 amide bonds. The van der Waals surface area contributed by atoms with Gasteiger partial charge in [0.15, 0.2) is 0 Å². The van der Waals surface area contributed by atoms with E-state index in [4.69, 9.17) is 23.2 Å². The Bertz CT molecular complexity index is 1680. The van der Waals surface area contributed by atoms with E-state index in [1.165, 1.54) is 17.0 Å². The molecule has 0 aliphatic heterocycles. The van der Waals surface area contributed by atoms with Crippen molar-refractivity contribution in [2.24, 2.45) is 0 Å². The fraction of sp³-hybridized carbons (Fsp3) is 0.257. The minimum Gasteiger partial charge on any atom is -0.352 e. The highest BCUT2D eigenvalue weighted by Gasteiger charge is 2.35. The van der Waals surface area contributed by atoms with Crippen molar-refractivity contribution in [1.29, 1.82) is 0 Å². The molecular weight excluding hydrogens is 629 g/mol. The zero-order chi connectivity index (χ0) is 32.6. The van der Waals surface area contributed by atoms with Gasteiger partial charge >= 0.3 is 0 Å². The lowest BCUT2D eigenvalue weighted by atomic mass is 10.0. The molecule has 0 bridgehead atoms. The number of nitrogens with zero attached hydrogens (tertiary/aromatic N) is 2. The van der Waals surface area contributed by atoms with Crippen LogP contribution in [0.2, 0.25) is 10.0 Å². The van der Waals surface area contributed by atoms with E-state index in [0.717, 1.165) is 21.0 Å². The first-order valence-corrected chi connectivity index (χ1v) is 16.9. The van der Waals surface area contributed by atoms with Crippen LogP contribution in [-0.4, -0.2) is 43.8 Å². The van der Waals surface area contributed by atoms with Gasteiger partial charge in [0, 0.05) is 29.1 Å². The van der Waals surface area contributed by atoms with Crippen molar-refractivity contribution in [2.75, 3.05) is 10.8 Å². The molecular formula is C35H37Cl2N3O4S. The number of sulfonamides is 1. The van der Waals surface area contributed by atoms with Crippen molar-refractivity contribution in [1.82, 2.24) is 10.2 Å². The van der Waals surface area contributed by atoms with Crippen LogP contribution in [0.5, 0.6) is 0 Å². The van der Waals surface area contributed by atoms with Crippen LogP contribution in [0, 0.1) is 6.92 Å². The smallest absolute Gasteiger partial charge is 0.264 e. The van der Waals surface area contributed by atoms with Crippen LogP contribution in [-0.2, 0) is 32.6 Å². The maximum absolute atomic E-state index is 14.5. The van der Waals surface area contributed by atoms with E-state index < -0.39 is 28.5 Å². The van der Waals surface area contributed by atoms with Crippen LogP contribution in [0.4, 0.5) is 5.69 Å². The first-order valence-electron chi connectivity index (χ1n) is 14.7. The molecule has 4 rings (SSSR count). The van der Waals surface area contributed by atoms with E-state index in [1.807, 2.05) is 51.1 Å². The molecule has 0 radical (unpaired) electrons. The molecule has 0 fully saturated rings. The van der Waals surface area contributed by atoms with Gasteiger partial charge in [-0.2, -0.15) is 0 Å². The van der Waals surface area contributed by atoms with Crippen LogP contribution in [0.3, 0.4) is 0 Å². The number of rotatable bonds is 13. The maximum atomic E-state index is 14.5. The van der Waals surface area contributed by atoms with Gasteiger partial charge in [-0.1, -0.05) is 90.3 Å². The summed E-state index contributed by atoms with van der Waals surface area (Å²) in [6.45, 7) is 5.24. The molecule has 0 heterocycles. The third-order valence-corrected chi connectivity index (χ3v) is 9.83. The van der Waals surface area contributed by atoms with E-state index in [-0.39, 0.29) is 35.5 Å². The molecule has 0 aromatic heterocycles. The monoisotopic (exact) mass is 665 g/mol. The highest BCUT2D eigenvalue weighted by atomic mass is 35.5. The molecule has 4 aromatic carbocycles. The van der Waals surface area contributed by atoms with Crippen LogP contribution in [0.25, 0.3) is 0 Å². The van der Waals surface area contributed by atoms with Crippen LogP contribution < -0.4 is 9.62 Å². The number of aryl methyl sites for hydroxylation is 1. The summed E-state index contributed by atoms with van der Waals surface area (Å²) < 4.78 is 29.2. The van der Waals surface area contributed by atoms with Gasteiger partial charge in [-0.3, -0.25) is 13.9 Å². The topological polar surface area (TPSA) is 86.8 Å². The first-order chi connectivity index (χ1) is 21.5. The minimum absolute atomic E-state index is 0.0375. The normalized spacial score (nSPS) is 12.6. The molecule has 10 heteroatoms. The number of anilines is 1. The summed E-state index contributed by atoms with van der Waals surface area (Å²) in [5.41, 5.74) is 2.76. The van der Waals surface area contributed by atoms with Gasteiger partial charge in [0.1, 0.15) is 12.6 Å². The third-order valence-electron chi connectivity index (χ3n) is 7.54. The van der Waals surface area contributed by atoms with Crippen molar-refractivity contribution in [3.63, 3.8) is 0 Å². The second-order valence-corrected chi connectivity index (χ2v) is 13.7. The SMILES string of the molecule is CC[C@@H](C)NC(=O)[C@H](Cc1ccccc1)N(Cc1ccc(Cl)cc1)C(=O)CN(c1ccc(Cl)cc1)S(=O)(=O)c1ccc(C)cc1. The zero-order valence-electron chi connectivity index (χ0n) is 25.5. The summed E-state index contributed by atoms with van der Waals surface area (Å²) in [5.74, 6) is -0.870. The Labute approximate surface area is 275 Å². The number of halogens is 2. The molecule has 2 atom stereocenters. The summed E-state index contributed by atoms with van der Waals surface area (Å²) in [6, 6.07) is 28.1. The average Bonchev–Trinajstić information content (AvgIpc) is 3.03. The predicted octanol–water partition coefficient (Wildman–Crippen LogP) is 7.05. The van der Waals surface area contributed by atoms with Gasteiger partial charge in [-0.25, -0.2) is 8.42 Å². The fourth-order valence-electron chi connectivity index (χ4n) is 4.76. The van der Waals surface area contributed by atoms with Crippen LogP contribution in [0.1, 0.15) is 37.0 Å². The Morgan fingerprint density at radius 1 is 0.800 bits per heavy atom. The molecule has 4 aromatic rings. The average molecular weight is 667 g/mol. The largest absolute Gasteiger partial charge is 0.352 e. The Morgan fingerprint density at radius 2 is 1.38 bits per heavy atom. The summed E-state index contributed by atoms with van der Waals surface area (Å²) in [5, 5.41) is 3.99. The second-order valence-electron chi connectivity index (χ2n) is 11.0. The van der Waals surface area contributed by atoms with E-state index in [0.29, 0.717) is 16.5 Å². The molecule has 1 N–H and O–H groups in total. The third kappa shape index (κ3) is 9.10. The van der Waals surface area contributed by atoms with E-state index >= 15 is 0 Å². The zero-order valence-corrected chi connectivity index (χ0v) is 27.8. The molecule has 0 unspecified atom stereocenters. The predicted molar refractivity (Wildman–Crippen MR) is 181 cm³/mol. The Morgan fingerprint density at radius 3 is 1.96 bits per heavy atom. The van der Waals surface area contributed by atoms with Crippen molar-refractivity contribution in [3.05, 3.63) is 130 Å². The van der Waals surface area contributed by atoms with Crippen LogP contribution in [0.15, 0.2) is 108 Å². The van der Waals surface area contributed by atoms with Gasteiger partial charge in [-0.15, -0.1) is 0 Å². The van der Waals surface area contributed by atoms with Gasteiger partial charge in [-0.05, 0) is 79.9 Å². The Kier molecular flexibility index (Phi) is 11.7. The van der Waals surface area contributed by atoms with Crippen molar-refractivity contribution in [3.8, 4) is 0 Å². The van der Waals surface area contributed by atoms with Crippen molar-refractivity contribution in [2.45, 2.75) is 57.1 Å². The summed E-state index contributed by atoms with van der Waals surface area (Å²) in [4.78, 5) is 29.9. The van der Waals surface area contributed by atoms with Gasteiger partial charge in [0.05, 0.1) is 10.6 Å². The number of amides is 2. The number of nitrogens with one attached hydrogen (secondary N) is 1. The number of carbonyl (C=O) groups excluding carboxylic acids is 2. The van der Waals surface area contributed by atoms with Gasteiger partial charge < -0.3 is 10.2 Å². The highest BCUT2D eigenvalue weighted by Crippen LogP contribution is 2.27. The van der Waals surface area contributed by atoms with Crippen LogP contribution >= 0.6 is 23.2 Å². The molecule has 7 nitrogen and oxygen atoms in total. The Balaban J connectivity index is 1.80. The lowest BCUT2D eigenvalue weighted by Gasteiger charge is -2.34. The lowest BCUT2D eigenvalue weighted by molar-refractivity contribution is -0.140. The maximum Gasteiger partial charge on any atom is 0.264 e. The standard InChI is InChI=1S/C35H37Cl2N3O4S/c1-4-26(3)38-35(42)33(22-27-8-6-5-7-9-27)39(23-28-12-14-29(36)15-13-28)34(41)24-40(31-18-16-30(37)17-19-31)45(43,44)32-20-10-25(2)11-21-32/h5-21,26,33H,4,22-24H2,1-3H3,(H,38,42)/t26-,33+/m1/s1. The number of hydrogen-bond acceptors (Lipinski definition) is 4. The number of hydrogen-bond donors (Lipinski definition) is 1. The van der Waals surface area contributed by atoms with Crippen molar-refractivity contribution < 1.29 is 18.0 Å². The molecule has 45 heavy (non-hydrogen) atoms. The van der Waals surface area contributed by atoms with Crippen molar-refractivity contribution >= 4 is 50.7 Å². The van der Waals surface area contributed by atoms with Gasteiger partial charge in [0.25, 0.3) is 10.0 Å². The fourth-order valence-corrected chi connectivity index (χ4v) is 6.42. The van der Waals surface area contributed by atoms with E-state index in [2.05, 4.69) is 5.32 Å². The summed E-state index contributed by atoms with van der Waals surface area (Å²) in [7, 11) is -4.19. The quantitative estimate of drug-likeness (QED) is 0.166. The molecule has 0 aliphatic carbocycles. The highest BCUT2D eigenvalue weighted by molar-refractivity contribution is 7.92. The summed E-state index contributed by atoms with van der Waals surface area (Å²) in [6.07, 6.45) is 0.933. The minimum atomic E-state index is -4.19. The molecule has 236 valence electrons. The molecule has 0 spiro atoms. The number of carbonyl (C=O) groups is 2. The molecule has 0 saturated carbocycles. The second kappa shape index (κ2) is 15.4. The van der Waals surface area contributed by atoms with E-state index in [9.17, 15) is 18.0 Å². The Hall–Kier alpha value is -3.85. The summed E-state index contributed by atoms with van der Waals surface area (Å²) >= 11 is 12.3. The molecule has 0 saturated heterocycles.